The van der Waals surface area contributed by atoms with Gasteiger partial charge in [-0.3, -0.25) is 4.79 Å². The third-order valence-electron chi connectivity index (χ3n) is 6.81. The highest BCUT2D eigenvalue weighted by Crippen LogP contribution is 2.41. The van der Waals surface area contributed by atoms with E-state index in [-0.39, 0.29) is 23.0 Å². The number of nitrogens with one attached hydrogen (secondary N) is 1. The molecular weight excluding hydrogens is 382 g/mol. The van der Waals surface area contributed by atoms with Crippen molar-refractivity contribution in [1.29, 1.82) is 0 Å². The van der Waals surface area contributed by atoms with Gasteiger partial charge in [0.15, 0.2) is 0 Å². The Hall–Kier alpha value is -3.07. The summed E-state index contributed by atoms with van der Waals surface area (Å²) in [6.45, 7) is 2.56. The number of carbonyl (C=O) groups excluding carboxylic acids is 1. The second-order valence-electron chi connectivity index (χ2n) is 8.81. The van der Waals surface area contributed by atoms with Crippen LogP contribution in [0.1, 0.15) is 60.3 Å². The Morgan fingerprint density at radius 2 is 1.58 bits per heavy atom. The van der Waals surface area contributed by atoms with Crippen LogP contribution in [-0.2, 0) is 10.2 Å². The highest BCUT2D eigenvalue weighted by Gasteiger charge is 2.36. The number of hydrogen-bond donors (Lipinski definition) is 2. The molecule has 3 heteroatoms. The molecule has 160 valence electrons. The fraction of sp³-hybridized carbons (Fsp3) is 0.321. The summed E-state index contributed by atoms with van der Waals surface area (Å²) in [6, 6.07) is 26.4. The number of phenolic OH excluding ortho intramolecular Hbond substituents is 1. The Bertz CT molecular complexity index is 1010. The molecule has 0 radical (unpaired) electrons. The molecule has 0 heterocycles. The lowest BCUT2D eigenvalue weighted by Gasteiger charge is -2.30. The van der Waals surface area contributed by atoms with Crippen LogP contribution in [0.25, 0.3) is 0 Å². The molecule has 31 heavy (non-hydrogen) atoms. The van der Waals surface area contributed by atoms with Crippen molar-refractivity contribution in [3.63, 3.8) is 0 Å². The smallest absolute Gasteiger partial charge is 0.220 e. The molecule has 0 aromatic heterocycles. The Morgan fingerprint density at radius 1 is 0.935 bits per heavy atom. The molecule has 0 aliphatic heterocycles. The van der Waals surface area contributed by atoms with Crippen molar-refractivity contribution in [2.75, 3.05) is 6.54 Å². The standard InChI is InChI=1S/C28H31NO2/c1-21-11-10-16-24(27(21)31)25(22-12-4-2-5-13-22)19-26(30)29-20-28(17-8-9-18-28)23-14-6-3-7-15-23/h2-7,10-16,25,31H,8-9,17-20H2,1H3,(H,29,30)/t25-/m0/s1. The zero-order chi connectivity index (χ0) is 21.7. The number of aryl methyl sites for hydroxylation is 1. The minimum atomic E-state index is -0.183. The summed E-state index contributed by atoms with van der Waals surface area (Å²) in [7, 11) is 0. The Balaban J connectivity index is 1.54. The minimum Gasteiger partial charge on any atom is -0.507 e. The van der Waals surface area contributed by atoms with Gasteiger partial charge < -0.3 is 10.4 Å². The van der Waals surface area contributed by atoms with Crippen molar-refractivity contribution in [3.05, 3.63) is 101 Å². The van der Waals surface area contributed by atoms with Crippen molar-refractivity contribution in [2.45, 2.75) is 50.4 Å². The number of rotatable bonds is 7. The maximum atomic E-state index is 13.1. The summed E-state index contributed by atoms with van der Waals surface area (Å²) in [5.41, 5.74) is 4.03. The van der Waals surface area contributed by atoms with Crippen LogP contribution < -0.4 is 5.32 Å². The van der Waals surface area contributed by atoms with Crippen LogP contribution in [-0.4, -0.2) is 17.6 Å². The van der Waals surface area contributed by atoms with Crippen LogP contribution in [0.4, 0.5) is 0 Å². The van der Waals surface area contributed by atoms with E-state index in [9.17, 15) is 9.90 Å². The highest BCUT2D eigenvalue weighted by molar-refractivity contribution is 5.78. The number of hydrogen-bond acceptors (Lipinski definition) is 2. The number of benzene rings is 3. The van der Waals surface area contributed by atoms with Gasteiger partial charge in [0.25, 0.3) is 0 Å². The molecule has 3 aromatic carbocycles. The van der Waals surface area contributed by atoms with E-state index in [1.165, 1.54) is 18.4 Å². The summed E-state index contributed by atoms with van der Waals surface area (Å²) in [5, 5.41) is 14.0. The molecule has 1 amide bonds. The summed E-state index contributed by atoms with van der Waals surface area (Å²) in [5.74, 6) is 0.120. The molecule has 0 bridgehead atoms. The molecule has 4 rings (SSSR count). The number of amides is 1. The second-order valence-corrected chi connectivity index (χ2v) is 8.81. The van der Waals surface area contributed by atoms with E-state index < -0.39 is 0 Å². The molecule has 0 unspecified atom stereocenters. The van der Waals surface area contributed by atoms with E-state index in [2.05, 4.69) is 29.6 Å². The topological polar surface area (TPSA) is 49.3 Å². The van der Waals surface area contributed by atoms with E-state index >= 15 is 0 Å². The van der Waals surface area contributed by atoms with Gasteiger partial charge in [-0.25, -0.2) is 0 Å². The minimum absolute atomic E-state index is 0.0250. The molecule has 2 N–H and O–H groups in total. The van der Waals surface area contributed by atoms with Gasteiger partial charge in [0.2, 0.25) is 5.91 Å². The molecule has 1 saturated carbocycles. The SMILES string of the molecule is Cc1cccc([C@@H](CC(=O)NCC2(c3ccccc3)CCCC2)c2ccccc2)c1O. The zero-order valence-corrected chi connectivity index (χ0v) is 18.2. The Kier molecular flexibility index (Phi) is 6.41. The average molecular weight is 414 g/mol. The van der Waals surface area contributed by atoms with Gasteiger partial charge >= 0.3 is 0 Å². The zero-order valence-electron chi connectivity index (χ0n) is 18.2. The normalized spacial score (nSPS) is 16.0. The third kappa shape index (κ3) is 4.66. The van der Waals surface area contributed by atoms with Crippen LogP contribution >= 0.6 is 0 Å². The van der Waals surface area contributed by atoms with Gasteiger partial charge in [-0.1, -0.05) is 91.7 Å². The van der Waals surface area contributed by atoms with Crippen molar-refractivity contribution >= 4 is 5.91 Å². The molecule has 1 aliphatic carbocycles. The van der Waals surface area contributed by atoms with Crippen LogP contribution in [0.2, 0.25) is 0 Å². The summed E-state index contributed by atoms with van der Waals surface area (Å²) < 4.78 is 0. The summed E-state index contributed by atoms with van der Waals surface area (Å²) in [6.07, 6.45) is 4.94. The van der Waals surface area contributed by atoms with Gasteiger partial charge in [-0.05, 0) is 36.5 Å². The van der Waals surface area contributed by atoms with Gasteiger partial charge in [0.1, 0.15) is 5.75 Å². The molecule has 1 aliphatic rings. The predicted molar refractivity (Wildman–Crippen MR) is 125 cm³/mol. The molecule has 1 fully saturated rings. The molecule has 3 aromatic rings. The monoisotopic (exact) mass is 413 g/mol. The maximum Gasteiger partial charge on any atom is 0.220 e. The number of carbonyl (C=O) groups is 1. The lowest BCUT2D eigenvalue weighted by Crippen LogP contribution is -2.39. The average Bonchev–Trinajstić information content (AvgIpc) is 3.30. The molecule has 0 saturated heterocycles. The Morgan fingerprint density at radius 3 is 2.26 bits per heavy atom. The fourth-order valence-corrected chi connectivity index (χ4v) is 4.99. The van der Waals surface area contributed by atoms with E-state index in [4.69, 9.17) is 0 Å². The largest absolute Gasteiger partial charge is 0.507 e. The van der Waals surface area contributed by atoms with Crippen molar-refractivity contribution < 1.29 is 9.90 Å². The van der Waals surface area contributed by atoms with Gasteiger partial charge in [-0.15, -0.1) is 0 Å². The van der Waals surface area contributed by atoms with Gasteiger partial charge in [0.05, 0.1) is 0 Å². The van der Waals surface area contributed by atoms with E-state index in [0.717, 1.165) is 29.5 Å². The van der Waals surface area contributed by atoms with Crippen LogP contribution in [0, 0.1) is 6.92 Å². The fourth-order valence-electron chi connectivity index (χ4n) is 4.99. The highest BCUT2D eigenvalue weighted by atomic mass is 16.3. The lowest BCUT2D eigenvalue weighted by molar-refractivity contribution is -0.121. The van der Waals surface area contributed by atoms with E-state index in [1.54, 1.807) is 0 Å². The number of aromatic hydroxyl groups is 1. The molecular formula is C28H31NO2. The molecule has 3 nitrogen and oxygen atoms in total. The van der Waals surface area contributed by atoms with Crippen molar-refractivity contribution in [3.8, 4) is 5.75 Å². The van der Waals surface area contributed by atoms with Crippen LogP contribution in [0.15, 0.2) is 78.9 Å². The summed E-state index contributed by atoms with van der Waals surface area (Å²) in [4.78, 5) is 13.1. The summed E-state index contributed by atoms with van der Waals surface area (Å²) >= 11 is 0. The van der Waals surface area contributed by atoms with Crippen LogP contribution in [0.3, 0.4) is 0 Å². The quantitative estimate of drug-likeness (QED) is 0.510. The van der Waals surface area contributed by atoms with Gasteiger partial charge in [-0.2, -0.15) is 0 Å². The van der Waals surface area contributed by atoms with Crippen molar-refractivity contribution in [2.24, 2.45) is 0 Å². The Labute approximate surface area is 185 Å². The number of para-hydroxylation sites is 1. The van der Waals surface area contributed by atoms with Gasteiger partial charge in [0, 0.05) is 29.9 Å². The lowest BCUT2D eigenvalue weighted by atomic mass is 9.78. The third-order valence-corrected chi connectivity index (χ3v) is 6.81. The van der Waals surface area contributed by atoms with Crippen molar-refractivity contribution in [1.82, 2.24) is 5.32 Å². The molecule has 0 spiro atoms. The predicted octanol–water partition coefficient (Wildman–Crippen LogP) is 5.85. The van der Waals surface area contributed by atoms with E-state index in [1.807, 2.05) is 61.5 Å². The maximum absolute atomic E-state index is 13.1. The second kappa shape index (κ2) is 9.38. The first-order valence-corrected chi connectivity index (χ1v) is 11.2. The van der Waals surface area contributed by atoms with Crippen LogP contribution in [0.5, 0.6) is 5.75 Å². The first-order chi connectivity index (χ1) is 15.1. The molecule has 1 atom stereocenters. The number of phenols is 1. The van der Waals surface area contributed by atoms with E-state index in [0.29, 0.717) is 13.0 Å². The first-order valence-electron chi connectivity index (χ1n) is 11.2. The first kappa shape index (κ1) is 21.2.